The molecular weight excluding hydrogens is 579 g/mol. The highest BCUT2D eigenvalue weighted by Crippen LogP contribution is 2.12. The van der Waals surface area contributed by atoms with Crippen LogP contribution in [0.3, 0.4) is 0 Å². The van der Waals surface area contributed by atoms with Crippen molar-refractivity contribution in [2.45, 2.75) is 56.2 Å². The van der Waals surface area contributed by atoms with Crippen LogP contribution in [0.4, 0.5) is 13.2 Å². The largest absolute Gasteiger partial charge is 0.542 e. The van der Waals surface area contributed by atoms with E-state index in [1.54, 1.807) is 13.8 Å². The average molecular weight is 608 g/mol. The van der Waals surface area contributed by atoms with E-state index in [-0.39, 0.29) is 6.42 Å². The Kier molecular flexibility index (Phi) is 15.3. The average Bonchev–Trinajstić information content (AvgIpc) is 2.72. The van der Waals surface area contributed by atoms with Gasteiger partial charge in [-0.1, -0.05) is 20.3 Å². The second kappa shape index (κ2) is 15.3. The maximum atomic E-state index is 12.5. The number of hydrogen-bond donors (Lipinski definition) is 7. The van der Waals surface area contributed by atoms with E-state index in [0.29, 0.717) is 6.42 Å². The van der Waals surface area contributed by atoms with Crippen molar-refractivity contribution in [3.63, 3.8) is 0 Å². The van der Waals surface area contributed by atoms with Crippen LogP contribution in [0.2, 0.25) is 0 Å². The lowest BCUT2D eigenvalue weighted by Crippen LogP contribution is -2.69. The van der Waals surface area contributed by atoms with Crippen molar-refractivity contribution < 1.29 is 74.2 Å². The van der Waals surface area contributed by atoms with Gasteiger partial charge >= 0.3 is 12.1 Å². The van der Waals surface area contributed by atoms with Gasteiger partial charge in [-0.3, -0.25) is 18.7 Å². The van der Waals surface area contributed by atoms with Crippen molar-refractivity contribution >= 4 is 56.6 Å². The summed E-state index contributed by atoms with van der Waals surface area (Å²) in [7, 11) is -8.97. The molecule has 2 amide bonds. The minimum absolute atomic E-state index is 0.184. The molecule has 0 saturated carbocycles. The van der Waals surface area contributed by atoms with Crippen LogP contribution in [0.1, 0.15) is 26.7 Å². The highest BCUT2D eigenvalue weighted by Gasteiger charge is 2.34. The molecule has 0 rings (SSSR count). The van der Waals surface area contributed by atoms with Gasteiger partial charge in [-0.05, 0) is 5.92 Å². The summed E-state index contributed by atoms with van der Waals surface area (Å²) in [5, 5.41) is 21.0. The van der Waals surface area contributed by atoms with Crippen molar-refractivity contribution in [1.82, 2.24) is 10.6 Å². The van der Waals surface area contributed by atoms with Crippen LogP contribution in [0, 0.1) is 5.92 Å². The SMILES string of the molecule is CC[C@H](C)[C@H](NC(=O)[C@@H](S)[C@H]([NH3+])CCS(=O)(=O)O)C(=O)N[C@@H](CS(=O)(=O)O)C(=O)O.O=C([O-])C(F)(F)F. The number of halogens is 3. The summed E-state index contributed by atoms with van der Waals surface area (Å²) in [4.78, 5) is 44.9. The van der Waals surface area contributed by atoms with Gasteiger partial charge in [0.25, 0.3) is 20.2 Å². The number of carbonyl (C=O) groups is 4. The maximum absolute atomic E-state index is 12.5. The van der Waals surface area contributed by atoms with Gasteiger partial charge in [0.05, 0.1) is 5.75 Å². The molecule has 5 atom stereocenters. The molecule has 0 fully saturated rings. The quantitative estimate of drug-likeness (QED) is 0.0792. The van der Waals surface area contributed by atoms with Crippen molar-refractivity contribution in [2.75, 3.05) is 11.5 Å². The molecule has 21 heteroatoms. The lowest BCUT2D eigenvalue weighted by atomic mass is 9.97. The Morgan fingerprint density at radius 1 is 1.03 bits per heavy atom. The Hall–Kier alpha value is -2.20. The molecule has 0 unspecified atom stereocenters. The maximum Gasteiger partial charge on any atom is 0.430 e. The van der Waals surface area contributed by atoms with Gasteiger partial charge in [-0.25, -0.2) is 4.79 Å². The second-order valence-electron chi connectivity index (χ2n) is 7.58. The number of alkyl halides is 3. The molecule has 0 bridgehead atoms. The third-order valence-electron chi connectivity index (χ3n) is 4.48. The topological polar surface area (TPSA) is 272 Å². The monoisotopic (exact) mass is 607 g/mol. The van der Waals surface area contributed by atoms with E-state index in [1.807, 2.05) is 5.32 Å². The molecule has 218 valence electrons. The smallest absolute Gasteiger partial charge is 0.430 e. The first-order valence-corrected chi connectivity index (χ1v) is 13.7. The third-order valence-corrected chi connectivity index (χ3v) is 6.64. The van der Waals surface area contributed by atoms with Crippen molar-refractivity contribution in [2.24, 2.45) is 5.92 Å². The minimum atomic E-state index is -5.19. The first kappa shape index (κ1) is 37.0. The highest BCUT2D eigenvalue weighted by atomic mass is 32.2. The van der Waals surface area contributed by atoms with Gasteiger partial charge in [-0.2, -0.15) is 42.6 Å². The zero-order chi connectivity index (χ0) is 29.9. The number of carbonyl (C=O) groups excluding carboxylic acids is 3. The summed E-state index contributed by atoms with van der Waals surface area (Å²) in [6.45, 7) is 3.27. The van der Waals surface area contributed by atoms with Crippen molar-refractivity contribution in [3.8, 4) is 0 Å². The number of amides is 2. The molecule has 0 aliphatic rings. The zero-order valence-electron chi connectivity index (χ0n) is 19.3. The predicted octanol–water partition coefficient (Wildman–Crippen LogP) is -3.54. The highest BCUT2D eigenvalue weighted by molar-refractivity contribution is 7.86. The Bertz CT molecular complexity index is 1020. The summed E-state index contributed by atoms with van der Waals surface area (Å²) >= 11 is 4.06. The fourth-order valence-electron chi connectivity index (χ4n) is 2.26. The standard InChI is InChI=1S/C14H27N3O10S3.C2HF3O2/c1-3-7(2)10(12(18)16-9(14(20)21)6-30(25,26)27)17-13(19)11(28)8(15)4-5-29(22,23)24;3-2(4,5)1(6)7/h7-11,28H,3-6,15H2,1-2H3,(H,16,18)(H,17,19)(H,20,21)(H,22,23,24)(H,25,26,27);(H,6,7)/t7-,8+,9-,10-,11-;/m0./s1. The molecule has 0 radical (unpaired) electrons. The number of carboxylic acid groups (broad SMARTS) is 2. The molecule has 0 aliphatic heterocycles. The number of thiol groups is 1. The lowest BCUT2D eigenvalue weighted by Gasteiger charge is -2.26. The normalized spacial score (nSPS) is 16.1. The zero-order valence-corrected chi connectivity index (χ0v) is 21.9. The number of aliphatic carboxylic acids is 2. The van der Waals surface area contributed by atoms with Crippen molar-refractivity contribution in [1.29, 1.82) is 0 Å². The summed E-state index contributed by atoms with van der Waals surface area (Å²) in [5.41, 5.74) is 3.61. The number of nitrogens with one attached hydrogen (secondary N) is 2. The van der Waals surface area contributed by atoms with Crippen LogP contribution < -0.4 is 21.5 Å². The van der Waals surface area contributed by atoms with Gasteiger partial charge in [0.1, 0.15) is 35.1 Å². The molecule has 0 aliphatic carbocycles. The lowest BCUT2D eigenvalue weighted by molar-refractivity contribution is -0.416. The van der Waals surface area contributed by atoms with Gasteiger partial charge in [0.15, 0.2) is 0 Å². The Balaban J connectivity index is 0. The number of carboxylic acids is 2. The van der Waals surface area contributed by atoms with Gasteiger partial charge in [-0.15, -0.1) is 0 Å². The molecule has 0 heterocycles. The van der Waals surface area contributed by atoms with E-state index in [9.17, 15) is 44.4 Å². The molecule has 0 spiro atoms. The fourth-order valence-corrected chi connectivity index (χ4v) is 3.73. The first-order chi connectivity index (χ1) is 16.4. The van der Waals surface area contributed by atoms with Crippen LogP contribution in [0.25, 0.3) is 0 Å². The summed E-state index contributed by atoms with van der Waals surface area (Å²) in [6, 6.07) is -4.06. The Morgan fingerprint density at radius 3 is 1.81 bits per heavy atom. The molecule has 0 saturated heterocycles. The Morgan fingerprint density at radius 2 is 1.49 bits per heavy atom. The van der Waals surface area contributed by atoms with Crippen LogP contribution >= 0.6 is 12.6 Å². The van der Waals surface area contributed by atoms with Crippen LogP contribution in [0.15, 0.2) is 0 Å². The third kappa shape index (κ3) is 17.0. The van der Waals surface area contributed by atoms with E-state index in [2.05, 4.69) is 23.7 Å². The molecule has 15 nitrogen and oxygen atoms in total. The molecular formula is C16H28F3N3O12S3. The molecule has 0 aromatic heterocycles. The van der Waals surface area contributed by atoms with E-state index >= 15 is 0 Å². The second-order valence-corrected chi connectivity index (χ2v) is 11.2. The molecule has 37 heavy (non-hydrogen) atoms. The van der Waals surface area contributed by atoms with E-state index < -0.39 is 91.0 Å². The molecule has 8 N–H and O–H groups in total. The number of hydrogen-bond acceptors (Lipinski definition) is 10. The van der Waals surface area contributed by atoms with Gasteiger partial charge in [0, 0.05) is 6.42 Å². The summed E-state index contributed by atoms with van der Waals surface area (Å²) < 4.78 is 92.7. The van der Waals surface area contributed by atoms with E-state index in [0.717, 1.165) is 0 Å². The van der Waals surface area contributed by atoms with E-state index in [1.165, 1.54) is 0 Å². The molecule has 0 aromatic carbocycles. The Labute approximate surface area is 215 Å². The molecule has 0 aromatic rings. The number of rotatable bonds is 13. The first-order valence-electron chi connectivity index (χ1n) is 9.96. The van der Waals surface area contributed by atoms with E-state index in [4.69, 9.17) is 24.1 Å². The van der Waals surface area contributed by atoms with Crippen LogP contribution in [-0.2, 0) is 39.4 Å². The van der Waals surface area contributed by atoms with Crippen LogP contribution in [-0.4, -0.2) is 95.9 Å². The predicted molar refractivity (Wildman–Crippen MR) is 119 cm³/mol. The van der Waals surface area contributed by atoms with Crippen molar-refractivity contribution in [3.05, 3.63) is 0 Å². The van der Waals surface area contributed by atoms with Crippen LogP contribution in [0.5, 0.6) is 0 Å². The summed E-state index contributed by atoms with van der Waals surface area (Å²) in [5.74, 6) is -8.91. The van der Waals surface area contributed by atoms with Gasteiger partial charge in [0.2, 0.25) is 11.8 Å². The minimum Gasteiger partial charge on any atom is -0.542 e. The summed E-state index contributed by atoms with van der Waals surface area (Å²) in [6.07, 6.45) is -5.00. The van der Waals surface area contributed by atoms with Gasteiger partial charge < -0.3 is 31.4 Å². The number of quaternary nitrogens is 1. The fraction of sp³-hybridized carbons (Fsp3) is 0.750.